The first-order valence-corrected chi connectivity index (χ1v) is 5.33. The fraction of sp³-hybridized carbons (Fsp3) is 0.875. The highest BCUT2D eigenvalue weighted by Crippen LogP contribution is 2.74. The van der Waals surface area contributed by atoms with Crippen LogP contribution in [0.1, 0.15) is 19.3 Å². The maximum atomic E-state index is 11.2. The van der Waals surface area contributed by atoms with E-state index in [0.29, 0.717) is 5.41 Å². The molecule has 0 heterocycles. The second-order valence-electron chi connectivity index (χ2n) is 3.94. The number of hydrogen-bond acceptors (Lipinski definition) is 2. The van der Waals surface area contributed by atoms with Crippen molar-refractivity contribution in [2.75, 3.05) is 11.5 Å². The highest BCUT2D eigenvalue weighted by molar-refractivity contribution is 14.1. The van der Waals surface area contributed by atoms with Crippen LogP contribution in [0.2, 0.25) is 0 Å². The topological polar surface area (TPSA) is 26.3 Å². The fourth-order valence-electron chi connectivity index (χ4n) is 2.57. The minimum absolute atomic E-state index is 0.0178. The van der Waals surface area contributed by atoms with Gasteiger partial charge in [-0.15, -0.1) is 0 Å². The maximum absolute atomic E-state index is 11.2. The number of esters is 1. The van der Waals surface area contributed by atoms with Gasteiger partial charge in [-0.25, -0.2) is 0 Å². The van der Waals surface area contributed by atoms with Crippen molar-refractivity contribution in [1.29, 1.82) is 0 Å². The number of alkyl halides is 1. The molecule has 3 fully saturated rings. The van der Waals surface area contributed by atoms with Gasteiger partial charge in [-0.2, -0.15) is 0 Å². The van der Waals surface area contributed by atoms with Gasteiger partial charge in [-0.05, 0) is 24.7 Å². The molecule has 0 amide bonds. The number of ether oxygens (including phenoxy) is 1. The van der Waals surface area contributed by atoms with Crippen molar-refractivity contribution >= 4 is 28.6 Å². The van der Waals surface area contributed by atoms with E-state index in [0.717, 1.165) is 19.3 Å². The third-order valence-electron chi connectivity index (χ3n) is 3.04. The van der Waals surface area contributed by atoms with E-state index < -0.39 is 0 Å². The van der Waals surface area contributed by atoms with Crippen molar-refractivity contribution in [1.82, 2.24) is 0 Å². The zero-order valence-corrected chi connectivity index (χ0v) is 8.68. The van der Waals surface area contributed by atoms with E-state index in [9.17, 15) is 4.79 Å². The summed E-state index contributed by atoms with van der Waals surface area (Å²) in [6.07, 6.45) is 3.24. The molecule has 2 bridgehead atoms. The van der Waals surface area contributed by atoms with Crippen LogP contribution < -0.4 is 0 Å². The Kier molecular flexibility index (Phi) is 1.51. The summed E-state index contributed by atoms with van der Waals surface area (Å²) < 4.78 is 5.94. The van der Waals surface area contributed by atoms with E-state index in [4.69, 9.17) is 4.74 Å². The number of hydrogen-bond donors (Lipinski definition) is 0. The van der Waals surface area contributed by atoms with E-state index in [1.54, 1.807) is 0 Å². The Morgan fingerprint density at radius 1 is 1.55 bits per heavy atom. The number of methoxy groups -OCH3 is 1. The number of carbonyl (C=O) groups excluding carboxylic acids is 1. The second-order valence-corrected chi connectivity index (χ2v) is 4.70. The summed E-state index contributed by atoms with van der Waals surface area (Å²) in [7, 11) is 1.49. The summed E-state index contributed by atoms with van der Waals surface area (Å²) in [6, 6.07) is 0. The summed E-state index contributed by atoms with van der Waals surface area (Å²) in [6.45, 7) is 0. The van der Waals surface area contributed by atoms with Crippen molar-refractivity contribution in [2.24, 2.45) is 10.8 Å². The Morgan fingerprint density at radius 3 is 2.45 bits per heavy atom. The Hall–Kier alpha value is 0.200. The summed E-state index contributed by atoms with van der Waals surface area (Å²) >= 11 is 2.41. The van der Waals surface area contributed by atoms with E-state index in [2.05, 4.69) is 22.6 Å². The van der Waals surface area contributed by atoms with Crippen molar-refractivity contribution in [3.8, 4) is 0 Å². The molecule has 0 radical (unpaired) electrons. The van der Waals surface area contributed by atoms with Gasteiger partial charge in [0.1, 0.15) is 0 Å². The summed E-state index contributed by atoms with van der Waals surface area (Å²) in [5, 5.41) is 0. The highest BCUT2D eigenvalue weighted by Gasteiger charge is 2.71. The van der Waals surface area contributed by atoms with Crippen LogP contribution in [0.4, 0.5) is 0 Å². The predicted octanol–water partition coefficient (Wildman–Crippen LogP) is 1.76. The average molecular weight is 266 g/mol. The first-order valence-electron chi connectivity index (χ1n) is 3.81. The molecule has 0 spiro atoms. The lowest BCUT2D eigenvalue weighted by Gasteiger charge is -2.68. The smallest absolute Gasteiger partial charge is 0.311 e. The van der Waals surface area contributed by atoms with Crippen LogP contribution in [0.3, 0.4) is 0 Å². The molecule has 3 aliphatic rings. The van der Waals surface area contributed by atoms with Crippen LogP contribution in [0.15, 0.2) is 0 Å². The molecule has 0 aliphatic heterocycles. The molecule has 3 rings (SSSR count). The van der Waals surface area contributed by atoms with Crippen molar-refractivity contribution in [2.45, 2.75) is 19.3 Å². The lowest BCUT2D eigenvalue weighted by Crippen LogP contribution is -2.66. The molecule has 0 saturated heterocycles. The third kappa shape index (κ3) is 0.804. The Balaban J connectivity index is 1.99. The van der Waals surface area contributed by atoms with E-state index in [1.807, 2.05) is 0 Å². The van der Waals surface area contributed by atoms with Crippen LogP contribution in [0.5, 0.6) is 0 Å². The van der Waals surface area contributed by atoms with E-state index in [1.165, 1.54) is 11.5 Å². The van der Waals surface area contributed by atoms with Gasteiger partial charge in [0.2, 0.25) is 0 Å². The fourth-order valence-corrected chi connectivity index (χ4v) is 3.38. The largest absolute Gasteiger partial charge is 0.469 e. The van der Waals surface area contributed by atoms with Gasteiger partial charge < -0.3 is 4.74 Å². The van der Waals surface area contributed by atoms with Gasteiger partial charge in [-0.1, -0.05) is 22.6 Å². The van der Waals surface area contributed by atoms with Crippen LogP contribution in [-0.2, 0) is 9.53 Å². The molecule has 3 saturated carbocycles. The summed E-state index contributed by atoms with van der Waals surface area (Å²) in [5.74, 6) is 0.0178. The summed E-state index contributed by atoms with van der Waals surface area (Å²) in [5.41, 5.74) is 0.509. The SMILES string of the molecule is COC(=O)C12CC(CI)(C1)C2. The third-order valence-corrected chi connectivity index (χ3v) is 4.66. The summed E-state index contributed by atoms with van der Waals surface area (Å²) in [4.78, 5) is 11.2. The molecule has 62 valence electrons. The van der Waals surface area contributed by atoms with E-state index in [-0.39, 0.29) is 11.4 Å². The van der Waals surface area contributed by atoms with Crippen molar-refractivity contribution < 1.29 is 9.53 Å². The maximum Gasteiger partial charge on any atom is 0.311 e. The second kappa shape index (κ2) is 2.12. The molecule has 11 heavy (non-hydrogen) atoms. The molecule has 0 N–H and O–H groups in total. The van der Waals surface area contributed by atoms with Crippen molar-refractivity contribution in [3.05, 3.63) is 0 Å². The van der Waals surface area contributed by atoms with Crippen LogP contribution >= 0.6 is 22.6 Å². The van der Waals surface area contributed by atoms with Crippen LogP contribution in [0, 0.1) is 10.8 Å². The molecule has 0 unspecified atom stereocenters. The molecule has 3 aliphatic carbocycles. The van der Waals surface area contributed by atoms with Gasteiger partial charge >= 0.3 is 5.97 Å². The zero-order chi connectivity index (χ0) is 8.11. The molecule has 0 atom stereocenters. The van der Waals surface area contributed by atoms with Gasteiger partial charge in [0, 0.05) is 4.43 Å². The van der Waals surface area contributed by atoms with Gasteiger partial charge in [0.25, 0.3) is 0 Å². The lowest BCUT2D eigenvalue weighted by molar-refractivity contribution is -0.215. The highest BCUT2D eigenvalue weighted by atomic mass is 127. The Labute approximate surface area is 79.8 Å². The standard InChI is InChI=1S/C8H11IO2/c1-11-6(10)8-2-7(3-8,4-8)5-9/h2-5H2,1H3. The Morgan fingerprint density at radius 2 is 2.09 bits per heavy atom. The van der Waals surface area contributed by atoms with Crippen LogP contribution in [0.25, 0.3) is 0 Å². The Bertz CT molecular complexity index is 192. The molecular formula is C8H11IO2. The molecular weight excluding hydrogens is 255 g/mol. The first-order chi connectivity index (χ1) is 5.16. The minimum Gasteiger partial charge on any atom is -0.469 e. The van der Waals surface area contributed by atoms with Gasteiger partial charge in [-0.3, -0.25) is 4.79 Å². The molecule has 0 aromatic rings. The predicted molar refractivity (Wildman–Crippen MR) is 49.6 cm³/mol. The first kappa shape index (κ1) is 7.83. The number of halogens is 1. The monoisotopic (exact) mass is 266 g/mol. The van der Waals surface area contributed by atoms with Gasteiger partial charge in [0.15, 0.2) is 0 Å². The minimum atomic E-state index is -0.0279. The molecule has 0 aromatic carbocycles. The number of carbonyl (C=O) groups is 1. The van der Waals surface area contributed by atoms with Crippen LogP contribution in [-0.4, -0.2) is 17.5 Å². The lowest BCUT2D eigenvalue weighted by atomic mass is 9.36. The zero-order valence-electron chi connectivity index (χ0n) is 6.52. The quantitative estimate of drug-likeness (QED) is 0.432. The van der Waals surface area contributed by atoms with Crippen molar-refractivity contribution in [3.63, 3.8) is 0 Å². The van der Waals surface area contributed by atoms with Gasteiger partial charge in [0.05, 0.1) is 12.5 Å². The molecule has 2 nitrogen and oxygen atoms in total. The van der Waals surface area contributed by atoms with E-state index >= 15 is 0 Å². The average Bonchev–Trinajstić information content (AvgIpc) is 1.83. The molecule has 3 heteroatoms. The number of rotatable bonds is 2. The molecule has 0 aromatic heterocycles. The normalized spacial score (nSPS) is 45.6.